The third kappa shape index (κ3) is 4.34. The Bertz CT molecular complexity index is 434. The van der Waals surface area contributed by atoms with Crippen LogP contribution in [0.25, 0.3) is 0 Å². The van der Waals surface area contributed by atoms with Gasteiger partial charge in [-0.1, -0.05) is 18.2 Å². The summed E-state index contributed by atoms with van der Waals surface area (Å²) < 4.78 is 0. The molecule has 0 unspecified atom stereocenters. The first-order valence-electron chi connectivity index (χ1n) is 5.21. The largest absolute Gasteiger partial charge is 0.508 e. The summed E-state index contributed by atoms with van der Waals surface area (Å²) >= 11 is 1.61. The Labute approximate surface area is 111 Å². The first kappa shape index (κ1) is 14.0. The van der Waals surface area contributed by atoms with Crippen LogP contribution in [0.15, 0.2) is 35.2 Å². The zero-order valence-corrected chi connectivity index (χ0v) is 10.9. The fourth-order valence-electron chi connectivity index (χ4n) is 1.49. The first-order valence-corrected chi connectivity index (χ1v) is 6.15. The molecule has 0 amide bonds. The molecule has 1 aromatic carbocycles. The van der Waals surface area contributed by atoms with Crippen molar-refractivity contribution in [3.8, 4) is 5.75 Å². The van der Waals surface area contributed by atoms with E-state index in [0.29, 0.717) is 5.75 Å². The molecule has 5 heteroatoms. The molecule has 0 aliphatic carbocycles. The van der Waals surface area contributed by atoms with Crippen LogP contribution in [0, 0.1) is 0 Å². The molecule has 0 aliphatic rings. The lowest BCUT2D eigenvalue weighted by Crippen LogP contribution is -2.16. The van der Waals surface area contributed by atoms with E-state index in [1.54, 1.807) is 17.4 Å². The Balaban J connectivity index is 0.00000144. The van der Waals surface area contributed by atoms with Crippen LogP contribution in [-0.4, -0.2) is 16.6 Å². The Morgan fingerprint density at radius 3 is 2.82 bits per heavy atom. The SMILES string of the molecule is Cl.Oc1ccccc1CCNCc1cscn1. The van der Waals surface area contributed by atoms with Gasteiger partial charge in [0, 0.05) is 11.9 Å². The number of phenols is 1. The number of benzene rings is 1. The molecule has 17 heavy (non-hydrogen) atoms. The average Bonchev–Trinajstić information content (AvgIpc) is 2.79. The van der Waals surface area contributed by atoms with Crippen LogP contribution >= 0.6 is 23.7 Å². The molecule has 0 aliphatic heterocycles. The van der Waals surface area contributed by atoms with E-state index in [1.165, 1.54) is 0 Å². The van der Waals surface area contributed by atoms with Gasteiger partial charge in [0.25, 0.3) is 0 Å². The van der Waals surface area contributed by atoms with E-state index >= 15 is 0 Å². The van der Waals surface area contributed by atoms with Gasteiger partial charge in [0.1, 0.15) is 5.75 Å². The molecule has 2 rings (SSSR count). The third-order valence-electron chi connectivity index (χ3n) is 2.35. The predicted molar refractivity (Wildman–Crippen MR) is 72.9 cm³/mol. The van der Waals surface area contributed by atoms with Crippen LogP contribution in [0.2, 0.25) is 0 Å². The topological polar surface area (TPSA) is 45.1 Å². The van der Waals surface area contributed by atoms with Crippen molar-refractivity contribution in [1.82, 2.24) is 10.3 Å². The zero-order valence-electron chi connectivity index (χ0n) is 9.30. The van der Waals surface area contributed by atoms with Crippen molar-refractivity contribution in [2.75, 3.05) is 6.54 Å². The number of nitrogens with one attached hydrogen (secondary N) is 1. The predicted octanol–water partition coefficient (Wildman–Crippen LogP) is 2.60. The molecule has 3 nitrogen and oxygen atoms in total. The maximum Gasteiger partial charge on any atom is 0.118 e. The second-order valence-corrected chi connectivity index (χ2v) is 4.25. The van der Waals surface area contributed by atoms with Gasteiger partial charge in [-0.15, -0.1) is 23.7 Å². The summed E-state index contributed by atoms with van der Waals surface area (Å²) in [6, 6.07) is 7.44. The molecule has 1 aromatic heterocycles. The number of hydrogen-bond acceptors (Lipinski definition) is 4. The van der Waals surface area contributed by atoms with Crippen LogP contribution < -0.4 is 5.32 Å². The fraction of sp³-hybridized carbons (Fsp3) is 0.250. The number of aromatic nitrogens is 1. The van der Waals surface area contributed by atoms with Gasteiger partial charge in [-0.2, -0.15) is 0 Å². The molecule has 0 bridgehead atoms. The maximum absolute atomic E-state index is 9.56. The molecule has 2 N–H and O–H groups in total. The Kier molecular flexibility index (Phi) is 5.97. The van der Waals surface area contributed by atoms with Gasteiger partial charge in [-0.05, 0) is 24.6 Å². The minimum Gasteiger partial charge on any atom is -0.508 e. The number of phenolic OH excluding ortho intramolecular Hbond substituents is 1. The highest BCUT2D eigenvalue weighted by Gasteiger charge is 1.99. The van der Waals surface area contributed by atoms with Gasteiger partial charge >= 0.3 is 0 Å². The lowest BCUT2D eigenvalue weighted by atomic mass is 10.1. The van der Waals surface area contributed by atoms with Crippen molar-refractivity contribution in [2.24, 2.45) is 0 Å². The van der Waals surface area contributed by atoms with Crippen molar-refractivity contribution in [1.29, 1.82) is 0 Å². The first-order chi connectivity index (χ1) is 7.86. The highest BCUT2D eigenvalue weighted by Crippen LogP contribution is 2.15. The number of halogens is 1. The van der Waals surface area contributed by atoms with Crippen LogP contribution in [0.4, 0.5) is 0 Å². The van der Waals surface area contributed by atoms with E-state index in [2.05, 4.69) is 10.3 Å². The maximum atomic E-state index is 9.56. The molecule has 0 spiro atoms. The van der Waals surface area contributed by atoms with E-state index < -0.39 is 0 Å². The van der Waals surface area contributed by atoms with Gasteiger partial charge in [-0.3, -0.25) is 0 Å². The number of hydrogen-bond donors (Lipinski definition) is 2. The minimum absolute atomic E-state index is 0. The van der Waals surface area contributed by atoms with Gasteiger partial charge < -0.3 is 10.4 Å². The smallest absolute Gasteiger partial charge is 0.118 e. The lowest BCUT2D eigenvalue weighted by molar-refractivity contribution is 0.467. The van der Waals surface area contributed by atoms with Crippen molar-refractivity contribution < 1.29 is 5.11 Å². The lowest BCUT2D eigenvalue weighted by Gasteiger charge is -2.04. The van der Waals surface area contributed by atoms with Gasteiger partial charge in [0.05, 0.1) is 11.2 Å². The number of nitrogens with zero attached hydrogens (tertiary/aromatic N) is 1. The van der Waals surface area contributed by atoms with Crippen molar-refractivity contribution >= 4 is 23.7 Å². The number of thiazole rings is 1. The summed E-state index contributed by atoms with van der Waals surface area (Å²) in [5.74, 6) is 0.373. The van der Waals surface area contributed by atoms with Crippen molar-refractivity contribution in [2.45, 2.75) is 13.0 Å². The van der Waals surface area contributed by atoms with E-state index in [9.17, 15) is 5.11 Å². The molecule has 0 fully saturated rings. The van der Waals surface area contributed by atoms with Crippen molar-refractivity contribution in [3.63, 3.8) is 0 Å². The molecular weight excluding hydrogens is 256 g/mol. The van der Waals surface area contributed by atoms with Crippen LogP contribution in [0.3, 0.4) is 0 Å². The van der Waals surface area contributed by atoms with Crippen LogP contribution in [0.1, 0.15) is 11.3 Å². The van der Waals surface area contributed by atoms with E-state index in [0.717, 1.165) is 30.8 Å². The standard InChI is InChI=1S/C12H14N2OS.ClH/c15-12-4-2-1-3-10(12)5-6-13-7-11-8-16-9-14-11;/h1-4,8-9,13,15H,5-7H2;1H. The molecule has 2 aromatic rings. The molecule has 1 heterocycles. The fourth-order valence-corrected chi connectivity index (χ4v) is 2.04. The number of para-hydroxylation sites is 1. The second kappa shape index (κ2) is 7.27. The summed E-state index contributed by atoms with van der Waals surface area (Å²) in [6.07, 6.45) is 0.830. The second-order valence-electron chi connectivity index (χ2n) is 3.54. The van der Waals surface area contributed by atoms with Crippen molar-refractivity contribution in [3.05, 3.63) is 46.4 Å². The Hall–Kier alpha value is -1.10. The van der Waals surface area contributed by atoms with Gasteiger partial charge in [-0.25, -0.2) is 4.98 Å². The molecular formula is C12H15ClN2OS. The minimum atomic E-state index is 0. The summed E-state index contributed by atoms with van der Waals surface area (Å²) in [5, 5.41) is 14.9. The summed E-state index contributed by atoms with van der Waals surface area (Å²) in [5.41, 5.74) is 3.88. The van der Waals surface area contributed by atoms with E-state index in [-0.39, 0.29) is 12.4 Å². The quantitative estimate of drug-likeness (QED) is 0.821. The Morgan fingerprint density at radius 2 is 2.12 bits per heavy atom. The summed E-state index contributed by atoms with van der Waals surface area (Å²) in [6.45, 7) is 1.63. The monoisotopic (exact) mass is 270 g/mol. The molecule has 92 valence electrons. The average molecular weight is 271 g/mol. The molecule has 0 atom stereocenters. The third-order valence-corrected chi connectivity index (χ3v) is 2.99. The van der Waals surface area contributed by atoms with Crippen LogP contribution in [-0.2, 0) is 13.0 Å². The highest BCUT2D eigenvalue weighted by atomic mass is 35.5. The number of aromatic hydroxyl groups is 1. The van der Waals surface area contributed by atoms with E-state index in [4.69, 9.17) is 0 Å². The zero-order chi connectivity index (χ0) is 11.2. The van der Waals surface area contributed by atoms with Crippen LogP contribution in [0.5, 0.6) is 5.75 Å². The highest BCUT2D eigenvalue weighted by molar-refractivity contribution is 7.07. The molecule has 0 saturated carbocycles. The van der Waals surface area contributed by atoms with Gasteiger partial charge in [0.15, 0.2) is 0 Å². The number of rotatable bonds is 5. The summed E-state index contributed by atoms with van der Waals surface area (Å²) in [4.78, 5) is 4.18. The normalized spacial score (nSPS) is 9.88. The molecule has 0 saturated heterocycles. The Morgan fingerprint density at radius 1 is 1.29 bits per heavy atom. The summed E-state index contributed by atoms with van der Waals surface area (Å²) in [7, 11) is 0. The van der Waals surface area contributed by atoms with Gasteiger partial charge in [0.2, 0.25) is 0 Å². The van der Waals surface area contributed by atoms with E-state index in [1.807, 2.05) is 29.1 Å². The molecule has 0 radical (unpaired) electrons.